The second-order valence-corrected chi connectivity index (χ2v) is 6.34. The van der Waals surface area contributed by atoms with Crippen molar-refractivity contribution in [2.75, 3.05) is 13.1 Å². The average molecular weight is 263 g/mol. The third kappa shape index (κ3) is 2.40. The molecular formula is C14H17NO2S. The van der Waals surface area contributed by atoms with Gasteiger partial charge >= 0.3 is 0 Å². The van der Waals surface area contributed by atoms with Gasteiger partial charge in [-0.2, -0.15) is 4.31 Å². The topological polar surface area (TPSA) is 37.4 Å². The van der Waals surface area contributed by atoms with Crippen molar-refractivity contribution in [1.82, 2.24) is 4.31 Å². The molecule has 1 aliphatic heterocycles. The Labute approximate surface area is 108 Å². The summed E-state index contributed by atoms with van der Waals surface area (Å²) in [7, 11) is -3.38. The number of sulfonamides is 1. The van der Waals surface area contributed by atoms with Crippen molar-refractivity contribution in [3.63, 3.8) is 0 Å². The molecule has 96 valence electrons. The SMILES string of the molecule is C=C1CN(S(=O)(=O)c2ccccc2)C[C@@H]1/C=C/C. The van der Waals surface area contributed by atoms with E-state index in [0.29, 0.717) is 18.0 Å². The lowest BCUT2D eigenvalue weighted by molar-refractivity contribution is 0.471. The monoisotopic (exact) mass is 263 g/mol. The molecule has 2 rings (SSSR count). The summed E-state index contributed by atoms with van der Waals surface area (Å²) < 4.78 is 26.3. The Balaban J connectivity index is 2.26. The summed E-state index contributed by atoms with van der Waals surface area (Å²) in [6, 6.07) is 8.54. The predicted molar refractivity (Wildman–Crippen MR) is 72.6 cm³/mol. The zero-order valence-electron chi connectivity index (χ0n) is 10.4. The number of rotatable bonds is 3. The van der Waals surface area contributed by atoms with Gasteiger partial charge in [0.2, 0.25) is 10.0 Å². The highest BCUT2D eigenvalue weighted by Gasteiger charge is 2.33. The molecule has 0 N–H and O–H groups in total. The van der Waals surface area contributed by atoms with Gasteiger partial charge < -0.3 is 0 Å². The summed E-state index contributed by atoms with van der Waals surface area (Å²) >= 11 is 0. The molecule has 1 heterocycles. The van der Waals surface area contributed by atoms with E-state index in [0.717, 1.165) is 5.57 Å². The van der Waals surface area contributed by atoms with Crippen molar-refractivity contribution in [2.45, 2.75) is 11.8 Å². The van der Waals surface area contributed by atoms with E-state index >= 15 is 0 Å². The lowest BCUT2D eigenvalue weighted by Gasteiger charge is -2.15. The van der Waals surface area contributed by atoms with Crippen molar-refractivity contribution in [1.29, 1.82) is 0 Å². The van der Waals surface area contributed by atoms with Crippen LogP contribution >= 0.6 is 0 Å². The van der Waals surface area contributed by atoms with Gasteiger partial charge in [0.15, 0.2) is 0 Å². The predicted octanol–water partition coefficient (Wildman–Crippen LogP) is 2.44. The Morgan fingerprint density at radius 2 is 2.00 bits per heavy atom. The number of allylic oxidation sites excluding steroid dienone is 1. The van der Waals surface area contributed by atoms with Crippen LogP contribution in [0.2, 0.25) is 0 Å². The zero-order chi connectivity index (χ0) is 13.2. The van der Waals surface area contributed by atoms with E-state index in [1.807, 2.05) is 25.1 Å². The van der Waals surface area contributed by atoms with E-state index < -0.39 is 10.0 Å². The second kappa shape index (κ2) is 5.08. The molecule has 1 saturated heterocycles. The summed E-state index contributed by atoms with van der Waals surface area (Å²) in [5.41, 5.74) is 0.951. The summed E-state index contributed by atoms with van der Waals surface area (Å²) in [5.74, 6) is 0.133. The highest BCUT2D eigenvalue weighted by molar-refractivity contribution is 7.89. The smallest absolute Gasteiger partial charge is 0.207 e. The maximum atomic E-state index is 12.4. The van der Waals surface area contributed by atoms with Crippen LogP contribution in [0.1, 0.15) is 6.92 Å². The molecule has 3 nitrogen and oxygen atoms in total. The minimum atomic E-state index is -3.38. The van der Waals surface area contributed by atoms with Crippen molar-refractivity contribution in [3.8, 4) is 0 Å². The second-order valence-electron chi connectivity index (χ2n) is 4.40. The number of hydrogen-bond donors (Lipinski definition) is 0. The first-order valence-electron chi connectivity index (χ1n) is 5.91. The summed E-state index contributed by atoms with van der Waals surface area (Å²) in [5, 5.41) is 0. The van der Waals surface area contributed by atoms with Crippen LogP contribution in [-0.2, 0) is 10.0 Å². The minimum Gasteiger partial charge on any atom is -0.207 e. The standard InChI is InChI=1S/C14H17NO2S/c1-3-7-13-11-15(10-12(13)2)18(16,17)14-8-5-4-6-9-14/h3-9,13H,2,10-11H2,1H3/b7-3+/t13-/m0/s1. The van der Waals surface area contributed by atoms with Crippen LogP contribution in [0.4, 0.5) is 0 Å². The Bertz CT molecular complexity index is 561. The van der Waals surface area contributed by atoms with Crippen molar-refractivity contribution >= 4 is 10.0 Å². The van der Waals surface area contributed by atoms with Crippen LogP contribution in [0.15, 0.2) is 59.5 Å². The Hall–Kier alpha value is -1.39. The lowest BCUT2D eigenvalue weighted by Crippen LogP contribution is -2.28. The van der Waals surface area contributed by atoms with E-state index in [1.165, 1.54) is 4.31 Å². The molecule has 0 aliphatic carbocycles. The fourth-order valence-electron chi connectivity index (χ4n) is 2.11. The van der Waals surface area contributed by atoms with Crippen LogP contribution in [0.3, 0.4) is 0 Å². The summed E-state index contributed by atoms with van der Waals surface area (Å²) in [4.78, 5) is 0.346. The Kier molecular flexibility index (Phi) is 3.68. The van der Waals surface area contributed by atoms with E-state index in [9.17, 15) is 8.42 Å². The molecule has 1 aromatic carbocycles. The number of benzene rings is 1. The van der Waals surface area contributed by atoms with E-state index in [-0.39, 0.29) is 5.92 Å². The third-order valence-electron chi connectivity index (χ3n) is 3.11. The summed E-state index contributed by atoms with van der Waals surface area (Å²) in [6.07, 6.45) is 3.94. The van der Waals surface area contributed by atoms with Gasteiger partial charge in [-0.25, -0.2) is 8.42 Å². The van der Waals surface area contributed by atoms with Crippen LogP contribution < -0.4 is 0 Å². The third-order valence-corrected chi connectivity index (χ3v) is 4.94. The van der Waals surface area contributed by atoms with Crippen LogP contribution in [0.5, 0.6) is 0 Å². The molecule has 1 aliphatic rings. The van der Waals surface area contributed by atoms with E-state index in [2.05, 4.69) is 6.58 Å². The maximum Gasteiger partial charge on any atom is 0.243 e. The molecule has 1 atom stereocenters. The van der Waals surface area contributed by atoms with E-state index in [1.54, 1.807) is 24.3 Å². The Morgan fingerprint density at radius 3 is 2.61 bits per heavy atom. The van der Waals surface area contributed by atoms with Gasteiger partial charge in [0.05, 0.1) is 4.90 Å². The van der Waals surface area contributed by atoms with Crippen molar-refractivity contribution in [3.05, 3.63) is 54.6 Å². The van der Waals surface area contributed by atoms with Gasteiger partial charge in [0, 0.05) is 19.0 Å². The zero-order valence-corrected chi connectivity index (χ0v) is 11.2. The fourth-order valence-corrected chi connectivity index (χ4v) is 3.60. The van der Waals surface area contributed by atoms with Crippen LogP contribution in [0, 0.1) is 5.92 Å². The molecule has 18 heavy (non-hydrogen) atoms. The molecule has 0 amide bonds. The van der Waals surface area contributed by atoms with Crippen molar-refractivity contribution in [2.24, 2.45) is 5.92 Å². The fraction of sp³-hybridized carbons (Fsp3) is 0.286. The maximum absolute atomic E-state index is 12.4. The average Bonchev–Trinajstić information content (AvgIpc) is 2.73. The van der Waals surface area contributed by atoms with Crippen molar-refractivity contribution < 1.29 is 8.42 Å². The Morgan fingerprint density at radius 1 is 1.33 bits per heavy atom. The molecule has 0 unspecified atom stereocenters. The van der Waals surface area contributed by atoms with Gasteiger partial charge in [-0.3, -0.25) is 0 Å². The molecular weight excluding hydrogens is 246 g/mol. The van der Waals surface area contributed by atoms with Gasteiger partial charge in [-0.15, -0.1) is 0 Å². The molecule has 1 aromatic rings. The van der Waals surface area contributed by atoms with Gasteiger partial charge in [-0.1, -0.05) is 42.5 Å². The van der Waals surface area contributed by atoms with E-state index in [4.69, 9.17) is 0 Å². The first-order chi connectivity index (χ1) is 8.55. The molecule has 0 aromatic heterocycles. The van der Waals surface area contributed by atoms with Crippen LogP contribution in [-0.4, -0.2) is 25.8 Å². The molecule has 4 heteroatoms. The quantitative estimate of drug-likeness (QED) is 0.785. The molecule has 0 spiro atoms. The summed E-state index contributed by atoms with van der Waals surface area (Å²) in [6.45, 7) is 6.78. The van der Waals surface area contributed by atoms with Gasteiger partial charge in [0.1, 0.15) is 0 Å². The molecule has 0 radical (unpaired) electrons. The normalized spacial score (nSPS) is 21.8. The number of hydrogen-bond acceptors (Lipinski definition) is 2. The largest absolute Gasteiger partial charge is 0.243 e. The highest BCUT2D eigenvalue weighted by atomic mass is 32.2. The highest BCUT2D eigenvalue weighted by Crippen LogP contribution is 2.27. The molecule has 0 saturated carbocycles. The molecule has 0 bridgehead atoms. The lowest BCUT2D eigenvalue weighted by atomic mass is 10.0. The van der Waals surface area contributed by atoms with Crippen LogP contribution in [0.25, 0.3) is 0 Å². The minimum absolute atomic E-state index is 0.133. The first-order valence-corrected chi connectivity index (χ1v) is 7.35. The van der Waals surface area contributed by atoms with Gasteiger partial charge in [0.25, 0.3) is 0 Å². The number of nitrogens with zero attached hydrogens (tertiary/aromatic N) is 1. The van der Waals surface area contributed by atoms with Gasteiger partial charge in [-0.05, 0) is 19.1 Å². The first kappa shape index (κ1) is 13.1. The molecule has 1 fully saturated rings.